The Balaban J connectivity index is 2.16. The van der Waals surface area contributed by atoms with Gasteiger partial charge in [-0.25, -0.2) is 4.98 Å². The summed E-state index contributed by atoms with van der Waals surface area (Å²) >= 11 is 0. The molecule has 0 aliphatic heterocycles. The largest absolute Gasteiger partial charge is 0.504 e. The molecule has 2 aromatic rings. The van der Waals surface area contributed by atoms with Crippen molar-refractivity contribution in [1.29, 1.82) is 0 Å². The van der Waals surface area contributed by atoms with Crippen LogP contribution in [0.25, 0.3) is 5.76 Å². The van der Waals surface area contributed by atoms with Crippen LogP contribution in [0.2, 0.25) is 0 Å². The van der Waals surface area contributed by atoms with E-state index in [4.69, 9.17) is 5.11 Å². The summed E-state index contributed by atoms with van der Waals surface area (Å²) < 4.78 is 1.59. The Morgan fingerprint density at radius 1 is 1.43 bits per heavy atom. The van der Waals surface area contributed by atoms with Crippen LogP contribution < -0.4 is 0 Å². The number of nitrogens with zero attached hydrogens (tertiary/aromatic N) is 3. The van der Waals surface area contributed by atoms with Gasteiger partial charge in [0.15, 0.2) is 11.6 Å². The van der Waals surface area contributed by atoms with Crippen molar-refractivity contribution in [2.75, 3.05) is 0 Å². The van der Waals surface area contributed by atoms with Crippen LogP contribution in [0, 0.1) is 0 Å². The Bertz CT molecular complexity index is 685. The summed E-state index contributed by atoms with van der Waals surface area (Å²) in [5.74, 6) is -1.52. The summed E-state index contributed by atoms with van der Waals surface area (Å²) in [6.45, 7) is 0. The highest BCUT2D eigenvalue weighted by molar-refractivity contribution is 6.06. The van der Waals surface area contributed by atoms with E-state index >= 15 is 0 Å². The smallest absolute Gasteiger partial charge is 0.303 e. The molecule has 110 valence electrons. The molecular formula is C13H14N4O4. The molecule has 3 N–H and O–H groups in total. The lowest BCUT2D eigenvalue weighted by Gasteiger charge is -1.98. The van der Waals surface area contributed by atoms with E-state index in [2.05, 4.69) is 15.2 Å². The third-order valence-electron chi connectivity index (χ3n) is 2.87. The summed E-state index contributed by atoms with van der Waals surface area (Å²) in [5, 5.41) is 24.4. The first kappa shape index (κ1) is 14.5. The van der Waals surface area contributed by atoms with Gasteiger partial charge in [-0.1, -0.05) is 0 Å². The molecular weight excluding hydrogens is 276 g/mol. The zero-order chi connectivity index (χ0) is 15.4. The molecule has 0 aliphatic carbocycles. The topological polar surface area (TPSA) is 121 Å². The number of aliphatic hydroxyl groups excluding tert-OH is 1. The number of nitrogens with one attached hydrogen (secondary N) is 1. The summed E-state index contributed by atoms with van der Waals surface area (Å²) in [6, 6.07) is 1.61. The molecule has 0 saturated heterocycles. The molecule has 0 spiro atoms. The van der Waals surface area contributed by atoms with E-state index in [0.717, 1.165) is 11.6 Å². The molecule has 2 aromatic heterocycles. The van der Waals surface area contributed by atoms with Crippen molar-refractivity contribution >= 4 is 17.5 Å². The van der Waals surface area contributed by atoms with Gasteiger partial charge in [-0.05, 0) is 18.1 Å². The zero-order valence-corrected chi connectivity index (χ0v) is 11.3. The van der Waals surface area contributed by atoms with Crippen LogP contribution in [0.4, 0.5) is 0 Å². The van der Waals surface area contributed by atoms with Crippen molar-refractivity contribution in [1.82, 2.24) is 19.7 Å². The number of ketones is 1. The van der Waals surface area contributed by atoms with Crippen LogP contribution in [-0.2, 0) is 18.3 Å². The third kappa shape index (κ3) is 3.56. The monoisotopic (exact) mass is 290 g/mol. The minimum Gasteiger partial charge on any atom is -0.504 e. The minimum atomic E-state index is -0.894. The number of hydrogen-bond acceptors (Lipinski definition) is 5. The van der Waals surface area contributed by atoms with Crippen molar-refractivity contribution in [3.8, 4) is 0 Å². The molecule has 2 heterocycles. The minimum absolute atomic E-state index is 0.00318. The number of hydrogen-bond donors (Lipinski definition) is 3. The summed E-state index contributed by atoms with van der Waals surface area (Å²) in [6.07, 6.45) is 4.29. The molecule has 0 saturated carbocycles. The highest BCUT2D eigenvalue weighted by Crippen LogP contribution is 2.13. The Kier molecular flexibility index (Phi) is 4.17. The first-order chi connectivity index (χ1) is 9.97. The molecule has 0 radical (unpaired) electrons. The first-order valence-electron chi connectivity index (χ1n) is 6.15. The summed E-state index contributed by atoms with van der Waals surface area (Å²) in [5.41, 5.74) is 1.09. The van der Waals surface area contributed by atoms with Crippen LogP contribution >= 0.6 is 0 Å². The quantitative estimate of drug-likeness (QED) is 0.413. The van der Waals surface area contributed by atoms with Crippen LogP contribution in [0.5, 0.6) is 0 Å². The molecule has 0 amide bonds. The van der Waals surface area contributed by atoms with E-state index in [9.17, 15) is 14.7 Å². The lowest BCUT2D eigenvalue weighted by atomic mass is 10.1. The van der Waals surface area contributed by atoms with Crippen LogP contribution in [0.3, 0.4) is 0 Å². The number of aliphatic hydroxyl groups is 1. The second-order valence-electron chi connectivity index (χ2n) is 4.47. The fourth-order valence-electron chi connectivity index (χ4n) is 1.86. The van der Waals surface area contributed by atoms with Gasteiger partial charge in [0.1, 0.15) is 6.33 Å². The van der Waals surface area contributed by atoms with Gasteiger partial charge in [-0.15, -0.1) is 0 Å². The van der Waals surface area contributed by atoms with Crippen molar-refractivity contribution < 1.29 is 19.8 Å². The maximum absolute atomic E-state index is 12.1. The SMILES string of the molecule is Cn1cc(CCC(=O)O)cc1C(=O)/C=C(\O)c1ncn[nH]1. The lowest BCUT2D eigenvalue weighted by Crippen LogP contribution is -2.03. The molecule has 0 aliphatic rings. The van der Waals surface area contributed by atoms with E-state index in [1.165, 1.54) is 6.33 Å². The molecule has 0 atom stereocenters. The number of rotatable bonds is 6. The molecule has 0 unspecified atom stereocenters. The maximum Gasteiger partial charge on any atom is 0.303 e. The van der Waals surface area contributed by atoms with Crippen LogP contribution in [-0.4, -0.2) is 41.7 Å². The van der Waals surface area contributed by atoms with E-state index in [0.29, 0.717) is 12.1 Å². The zero-order valence-electron chi connectivity index (χ0n) is 11.3. The van der Waals surface area contributed by atoms with Gasteiger partial charge in [-0.3, -0.25) is 14.7 Å². The van der Waals surface area contributed by atoms with Crippen LogP contribution in [0.1, 0.15) is 28.3 Å². The Morgan fingerprint density at radius 2 is 2.19 bits per heavy atom. The average Bonchev–Trinajstić information content (AvgIpc) is 3.05. The molecule has 21 heavy (non-hydrogen) atoms. The molecule has 0 fully saturated rings. The Morgan fingerprint density at radius 3 is 2.81 bits per heavy atom. The predicted octanol–water partition coefficient (Wildman–Crippen LogP) is 0.942. The number of carboxylic acids is 1. The molecule has 0 bridgehead atoms. The normalized spacial score (nSPS) is 11.6. The van der Waals surface area contributed by atoms with Gasteiger partial charge < -0.3 is 14.8 Å². The third-order valence-corrected chi connectivity index (χ3v) is 2.87. The molecule has 8 nitrogen and oxygen atoms in total. The molecule has 8 heteroatoms. The van der Waals surface area contributed by atoms with Gasteiger partial charge >= 0.3 is 5.97 Å². The second kappa shape index (κ2) is 6.04. The Hall–Kier alpha value is -2.90. The van der Waals surface area contributed by atoms with Gasteiger partial charge in [0.2, 0.25) is 5.78 Å². The predicted molar refractivity (Wildman–Crippen MR) is 72.7 cm³/mol. The average molecular weight is 290 g/mol. The van der Waals surface area contributed by atoms with Gasteiger partial charge in [0, 0.05) is 25.7 Å². The highest BCUT2D eigenvalue weighted by Gasteiger charge is 2.13. The number of aliphatic carboxylic acids is 1. The molecule has 0 aromatic carbocycles. The highest BCUT2D eigenvalue weighted by atomic mass is 16.4. The summed E-state index contributed by atoms with van der Waals surface area (Å²) in [7, 11) is 1.68. The molecule has 2 rings (SSSR count). The van der Waals surface area contributed by atoms with Crippen molar-refractivity contribution in [3.05, 3.63) is 41.7 Å². The number of carbonyl (C=O) groups is 2. The van der Waals surface area contributed by atoms with Crippen molar-refractivity contribution in [2.24, 2.45) is 7.05 Å². The van der Waals surface area contributed by atoms with E-state index < -0.39 is 11.8 Å². The van der Waals surface area contributed by atoms with Gasteiger partial charge in [0.25, 0.3) is 0 Å². The number of aromatic nitrogens is 4. The number of carboxylic acid groups (broad SMARTS) is 1. The van der Waals surface area contributed by atoms with Gasteiger partial charge in [0.05, 0.1) is 5.69 Å². The summed E-state index contributed by atoms with van der Waals surface area (Å²) in [4.78, 5) is 26.4. The van der Waals surface area contributed by atoms with E-state index in [1.807, 2.05) is 0 Å². The number of aryl methyl sites for hydroxylation is 2. The van der Waals surface area contributed by atoms with E-state index in [-0.39, 0.29) is 18.0 Å². The second-order valence-corrected chi connectivity index (χ2v) is 4.47. The van der Waals surface area contributed by atoms with Gasteiger partial charge in [-0.2, -0.15) is 5.10 Å². The number of H-pyrrole nitrogens is 1. The van der Waals surface area contributed by atoms with Crippen molar-refractivity contribution in [2.45, 2.75) is 12.8 Å². The number of allylic oxidation sites excluding steroid dienone is 1. The van der Waals surface area contributed by atoms with Crippen LogP contribution in [0.15, 0.2) is 24.7 Å². The number of aromatic amines is 1. The Labute approximate surface area is 119 Å². The van der Waals surface area contributed by atoms with Crippen molar-refractivity contribution in [3.63, 3.8) is 0 Å². The fraction of sp³-hybridized carbons (Fsp3) is 0.231. The fourth-order valence-corrected chi connectivity index (χ4v) is 1.86. The van der Waals surface area contributed by atoms with E-state index in [1.54, 1.807) is 23.9 Å². The standard InChI is InChI=1S/C13H14N4O4/c1-17-6-8(2-3-12(20)21)4-9(17)10(18)5-11(19)13-14-7-15-16-13/h4-7,19H,2-3H2,1H3,(H,20,21)(H,14,15,16)/b11-5-. The maximum atomic E-state index is 12.1. The number of carbonyl (C=O) groups excluding carboxylic acids is 1. The first-order valence-corrected chi connectivity index (χ1v) is 6.15. The lowest BCUT2D eigenvalue weighted by molar-refractivity contribution is -0.136.